The largest absolute Gasteiger partial charge is 0.494 e. The van der Waals surface area contributed by atoms with Crippen molar-refractivity contribution < 1.29 is 14.3 Å². The summed E-state index contributed by atoms with van der Waals surface area (Å²) in [5, 5.41) is 2.95. The molecule has 0 bridgehead atoms. The molecule has 2 heterocycles. The molecule has 0 radical (unpaired) electrons. The zero-order valence-electron chi connectivity index (χ0n) is 15.6. The van der Waals surface area contributed by atoms with Gasteiger partial charge < -0.3 is 15.0 Å². The van der Waals surface area contributed by atoms with E-state index in [0.717, 1.165) is 27.2 Å². The quantitative estimate of drug-likeness (QED) is 0.783. The maximum Gasteiger partial charge on any atom is 0.322 e. The summed E-state index contributed by atoms with van der Waals surface area (Å²) in [7, 11) is 1.69. The van der Waals surface area contributed by atoms with E-state index in [0.29, 0.717) is 18.7 Å². The second-order valence-electron chi connectivity index (χ2n) is 6.67. The number of carbonyl (C=O) groups is 2. The zero-order chi connectivity index (χ0) is 19.8. The van der Waals surface area contributed by atoms with E-state index in [1.807, 2.05) is 55.5 Å². The van der Waals surface area contributed by atoms with E-state index < -0.39 is 6.04 Å². The van der Waals surface area contributed by atoms with E-state index in [2.05, 4.69) is 21.2 Å². The molecule has 6 nitrogen and oxygen atoms in total. The van der Waals surface area contributed by atoms with Gasteiger partial charge in [-0.1, -0.05) is 28.1 Å². The van der Waals surface area contributed by atoms with Crippen LogP contribution in [0.25, 0.3) is 0 Å². The topological polar surface area (TPSA) is 61.9 Å². The lowest BCUT2D eigenvalue weighted by Crippen LogP contribution is -2.45. The normalized spacial score (nSPS) is 19.0. The summed E-state index contributed by atoms with van der Waals surface area (Å²) in [5.74, 6) is 0.663. The summed E-state index contributed by atoms with van der Waals surface area (Å²) >= 11 is 3.42. The smallest absolute Gasteiger partial charge is 0.322 e. The average molecular weight is 442 g/mol. The molecule has 28 heavy (non-hydrogen) atoms. The molecule has 0 aliphatic carbocycles. The molecule has 0 saturated carbocycles. The van der Waals surface area contributed by atoms with E-state index in [4.69, 9.17) is 4.74 Å². The van der Waals surface area contributed by atoms with Crippen LogP contribution in [0.5, 0.6) is 5.75 Å². The Bertz CT molecular complexity index is 954. The van der Waals surface area contributed by atoms with Crippen molar-refractivity contribution in [3.05, 3.63) is 69.8 Å². The Balaban J connectivity index is 1.68. The molecule has 0 fully saturated rings. The number of hydrogen-bond acceptors (Lipinski definition) is 3. The van der Waals surface area contributed by atoms with E-state index >= 15 is 0 Å². The Morgan fingerprint density at radius 1 is 1.11 bits per heavy atom. The summed E-state index contributed by atoms with van der Waals surface area (Å²) in [4.78, 5) is 29.0. The third kappa shape index (κ3) is 3.16. The Labute approximate surface area is 171 Å². The van der Waals surface area contributed by atoms with E-state index in [1.165, 1.54) is 4.90 Å². The molecule has 0 saturated heterocycles. The SMILES string of the molecule is CCOc1ccc(N2CC3=C(C2=O)[C@H](c2ccc(Br)cc2)NC(=O)N3C)cc1. The Kier molecular flexibility index (Phi) is 4.85. The number of halogens is 1. The first-order valence-electron chi connectivity index (χ1n) is 9.07. The lowest BCUT2D eigenvalue weighted by molar-refractivity contribution is -0.114. The van der Waals surface area contributed by atoms with Crippen molar-refractivity contribution in [2.45, 2.75) is 13.0 Å². The van der Waals surface area contributed by atoms with Crippen molar-refractivity contribution in [3.8, 4) is 5.75 Å². The van der Waals surface area contributed by atoms with Gasteiger partial charge in [-0.3, -0.25) is 9.69 Å². The van der Waals surface area contributed by atoms with Gasteiger partial charge in [0, 0.05) is 17.2 Å². The van der Waals surface area contributed by atoms with Gasteiger partial charge in [0.25, 0.3) is 5.91 Å². The van der Waals surface area contributed by atoms with Gasteiger partial charge in [-0.2, -0.15) is 0 Å². The molecule has 4 rings (SSSR count). The number of rotatable bonds is 4. The predicted octanol–water partition coefficient (Wildman–Crippen LogP) is 3.84. The van der Waals surface area contributed by atoms with Crippen LogP contribution in [0, 0.1) is 0 Å². The molecule has 2 aliphatic rings. The number of benzene rings is 2. The minimum atomic E-state index is -0.466. The summed E-state index contributed by atoms with van der Waals surface area (Å²) in [6.45, 7) is 2.88. The van der Waals surface area contributed by atoms with Crippen molar-refractivity contribution in [1.29, 1.82) is 0 Å². The second-order valence-corrected chi connectivity index (χ2v) is 7.59. The van der Waals surface area contributed by atoms with Crippen LogP contribution < -0.4 is 15.0 Å². The standard InChI is InChI=1S/C21H20BrN3O3/c1-3-28-16-10-8-15(9-11-16)25-12-17-18(20(25)26)19(23-21(27)24(17)2)13-4-6-14(22)7-5-13/h4-11,19H,3,12H2,1-2H3,(H,23,27)/t19-/m0/s1. The molecule has 0 aromatic heterocycles. The van der Waals surface area contributed by atoms with Gasteiger partial charge in [-0.05, 0) is 48.9 Å². The molecule has 7 heteroatoms. The number of amides is 3. The number of urea groups is 1. The van der Waals surface area contributed by atoms with E-state index in [9.17, 15) is 9.59 Å². The average Bonchev–Trinajstić information content (AvgIpc) is 3.04. The molecule has 2 aromatic rings. The third-order valence-corrected chi connectivity index (χ3v) is 5.55. The fraction of sp³-hybridized carbons (Fsp3) is 0.238. The summed E-state index contributed by atoms with van der Waals surface area (Å²) in [6, 6.07) is 14.4. The molecule has 2 aromatic carbocycles. The Morgan fingerprint density at radius 2 is 1.79 bits per heavy atom. The van der Waals surface area contributed by atoms with Gasteiger partial charge in [0.1, 0.15) is 5.75 Å². The fourth-order valence-electron chi connectivity index (χ4n) is 3.57. The molecule has 1 atom stereocenters. The first-order chi connectivity index (χ1) is 13.5. The van der Waals surface area contributed by atoms with Crippen molar-refractivity contribution in [1.82, 2.24) is 10.2 Å². The summed E-state index contributed by atoms with van der Waals surface area (Å²) in [5.41, 5.74) is 2.99. The van der Waals surface area contributed by atoms with E-state index in [1.54, 1.807) is 11.9 Å². The van der Waals surface area contributed by atoms with Crippen LogP contribution in [0.2, 0.25) is 0 Å². The molecule has 2 aliphatic heterocycles. The van der Waals surface area contributed by atoms with Crippen LogP contribution in [0.15, 0.2) is 64.3 Å². The van der Waals surface area contributed by atoms with Gasteiger partial charge >= 0.3 is 6.03 Å². The van der Waals surface area contributed by atoms with E-state index in [-0.39, 0.29) is 11.9 Å². The van der Waals surface area contributed by atoms with Gasteiger partial charge in [0.15, 0.2) is 0 Å². The number of nitrogens with zero attached hydrogens (tertiary/aromatic N) is 2. The van der Waals surface area contributed by atoms with Crippen LogP contribution in [-0.2, 0) is 4.79 Å². The summed E-state index contributed by atoms with van der Waals surface area (Å²) in [6.07, 6.45) is 0. The first-order valence-corrected chi connectivity index (χ1v) is 9.86. The predicted molar refractivity (Wildman–Crippen MR) is 110 cm³/mol. The maximum absolute atomic E-state index is 13.3. The van der Waals surface area contributed by atoms with Crippen LogP contribution in [0.1, 0.15) is 18.5 Å². The highest BCUT2D eigenvalue weighted by Gasteiger charge is 2.43. The fourth-order valence-corrected chi connectivity index (χ4v) is 3.83. The lowest BCUT2D eigenvalue weighted by Gasteiger charge is -2.31. The molecule has 0 spiro atoms. The minimum absolute atomic E-state index is 0.0982. The van der Waals surface area contributed by atoms with Gasteiger partial charge in [0.2, 0.25) is 0 Å². The molecular formula is C21H20BrN3O3. The van der Waals surface area contributed by atoms with Gasteiger partial charge in [-0.15, -0.1) is 0 Å². The number of anilines is 1. The highest BCUT2D eigenvalue weighted by molar-refractivity contribution is 9.10. The number of hydrogen-bond donors (Lipinski definition) is 1. The molecule has 144 valence electrons. The molecular weight excluding hydrogens is 422 g/mol. The monoisotopic (exact) mass is 441 g/mol. The Morgan fingerprint density at radius 3 is 2.43 bits per heavy atom. The maximum atomic E-state index is 13.3. The minimum Gasteiger partial charge on any atom is -0.494 e. The van der Waals surface area contributed by atoms with Crippen LogP contribution in [0.4, 0.5) is 10.5 Å². The highest BCUT2D eigenvalue weighted by Crippen LogP contribution is 2.38. The number of carbonyl (C=O) groups excluding carboxylic acids is 2. The first kappa shape index (κ1) is 18.6. The summed E-state index contributed by atoms with van der Waals surface area (Å²) < 4.78 is 6.42. The Hall–Kier alpha value is -2.80. The van der Waals surface area contributed by atoms with Gasteiger partial charge in [0.05, 0.1) is 30.5 Å². The highest BCUT2D eigenvalue weighted by atomic mass is 79.9. The van der Waals surface area contributed by atoms with Crippen LogP contribution >= 0.6 is 15.9 Å². The zero-order valence-corrected chi connectivity index (χ0v) is 17.2. The number of likely N-dealkylation sites (N-methyl/N-ethyl adjacent to an activating group) is 1. The van der Waals surface area contributed by atoms with Crippen LogP contribution in [0.3, 0.4) is 0 Å². The molecule has 1 N–H and O–H groups in total. The lowest BCUT2D eigenvalue weighted by atomic mass is 9.96. The van der Waals surface area contributed by atoms with Crippen molar-refractivity contribution >= 4 is 33.6 Å². The number of nitrogens with one attached hydrogen (secondary N) is 1. The van der Waals surface area contributed by atoms with Crippen molar-refractivity contribution in [3.63, 3.8) is 0 Å². The third-order valence-electron chi connectivity index (χ3n) is 5.02. The molecule has 3 amide bonds. The second kappa shape index (κ2) is 7.31. The van der Waals surface area contributed by atoms with Crippen molar-refractivity contribution in [2.24, 2.45) is 0 Å². The van der Waals surface area contributed by atoms with Crippen LogP contribution in [-0.4, -0.2) is 37.0 Å². The van der Waals surface area contributed by atoms with Gasteiger partial charge in [-0.25, -0.2) is 4.79 Å². The number of ether oxygens (including phenoxy) is 1. The molecule has 0 unspecified atom stereocenters. The van der Waals surface area contributed by atoms with Crippen molar-refractivity contribution in [2.75, 3.05) is 25.1 Å².